The number of benzene rings is 1. The highest BCUT2D eigenvalue weighted by Gasteiger charge is 2.07. The molecule has 0 aliphatic carbocycles. The van der Waals surface area contributed by atoms with E-state index in [9.17, 15) is 0 Å². The molecule has 2 N–H and O–H groups in total. The molecule has 0 fully saturated rings. The molecule has 16 heavy (non-hydrogen) atoms. The van der Waals surface area contributed by atoms with Gasteiger partial charge in [0, 0.05) is 13.1 Å². The molecule has 1 aromatic carbocycles. The number of hydrogen-bond donors (Lipinski definition) is 1. The largest absolute Gasteiger partial charge is 0.397 e. The van der Waals surface area contributed by atoms with Gasteiger partial charge in [0.2, 0.25) is 0 Å². The average Bonchev–Trinajstić information content (AvgIpc) is 2.29. The smallest absolute Gasteiger partial charge is 0.0599 e. The number of nitrogens with zero attached hydrogens (tertiary/aromatic N) is 1. The molecular weight excluding hydrogens is 216 g/mol. The van der Waals surface area contributed by atoms with E-state index in [-0.39, 0.29) is 0 Å². The first-order valence-corrected chi connectivity index (χ1v) is 7.27. The average molecular weight is 238 g/mol. The van der Waals surface area contributed by atoms with Gasteiger partial charge < -0.3 is 10.6 Å². The molecule has 3 heteroatoms. The third kappa shape index (κ3) is 3.97. The minimum Gasteiger partial charge on any atom is -0.397 e. The van der Waals surface area contributed by atoms with E-state index in [2.05, 4.69) is 30.2 Å². The van der Waals surface area contributed by atoms with E-state index in [1.54, 1.807) is 0 Å². The molecular formula is C13H22N2S. The molecule has 0 aliphatic rings. The van der Waals surface area contributed by atoms with Crippen molar-refractivity contribution in [2.45, 2.75) is 19.8 Å². The molecule has 0 saturated carbocycles. The van der Waals surface area contributed by atoms with Crippen molar-refractivity contribution in [1.29, 1.82) is 0 Å². The monoisotopic (exact) mass is 238 g/mol. The number of nitrogens with two attached hydrogens (primary N) is 1. The molecule has 0 aliphatic heterocycles. The molecule has 0 spiro atoms. The summed E-state index contributed by atoms with van der Waals surface area (Å²) in [6.45, 7) is 4.40. The minimum absolute atomic E-state index is 0.889. The SMILES string of the molecule is CCCN(CCCSC)c1ccccc1N. The molecule has 0 radical (unpaired) electrons. The standard InChI is InChI=1S/C13H22N2S/c1-3-9-15(10-6-11-16-2)13-8-5-4-7-12(13)14/h4-5,7-8H,3,6,9-11,14H2,1-2H3. The molecule has 0 atom stereocenters. The first kappa shape index (κ1) is 13.2. The van der Waals surface area contributed by atoms with Gasteiger partial charge in [-0.1, -0.05) is 19.1 Å². The Morgan fingerprint density at radius 1 is 1.25 bits per heavy atom. The molecule has 0 heterocycles. The highest BCUT2D eigenvalue weighted by atomic mass is 32.2. The van der Waals surface area contributed by atoms with Crippen LogP contribution in [0, 0.1) is 0 Å². The summed E-state index contributed by atoms with van der Waals surface area (Å²) in [7, 11) is 0. The van der Waals surface area contributed by atoms with Gasteiger partial charge in [-0.2, -0.15) is 11.8 Å². The Morgan fingerprint density at radius 3 is 2.62 bits per heavy atom. The Hall–Kier alpha value is -0.830. The molecule has 2 nitrogen and oxygen atoms in total. The fourth-order valence-electron chi connectivity index (χ4n) is 1.80. The second-order valence-corrected chi connectivity index (χ2v) is 4.88. The summed E-state index contributed by atoms with van der Waals surface area (Å²) >= 11 is 1.90. The van der Waals surface area contributed by atoms with Crippen LogP contribution in [0.1, 0.15) is 19.8 Å². The van der Waals surface area contributed by atoms with E-state index in [0.717, 1.165) is 25.2 Å². The van der Waals surface area contributed by atoms with Crippen molar-refractivity contribution in [1.82, 2.24) is 0 Å². The topological polar surface area (TPSA) is 29.3 Å². The molecule has 0 saturated heterocycles. The van der Waals surface area contributed by atoms with Crippen LogP contribution in [-0.4, -0.2) is 25.1 Å². The maximum Gasteiger partial charge on any atom is 0.0599 e. The van der Waals surface area contributed by atoms with E-state index in [1.807, 2.05) is 23.9 Å². The van der Waals surface area contributed by atoms with Crippen LogP contribution < -0.4 is 10.6 Å². The number of nitrogen functional groups attached to an aromatic ring is 1. The Bertz CT molecular complexity index is 302. The van der Waals surface area contributed by atoms with E-state index in [0.29, 0.717) is 0 Å². The van der Waals surface area contributed by atoms with Gasteiger partial charge in [0.1, 0.15) is 0 Å². The van der Waals surface area contributed by atoms with E-state index in [1.165, 1.54) is 17.9 Å². The van der Waals surface area contributed by atoms with E-state index < -0.39 is 0 Å². The number of hydrogen-bond acceptors (Lipinski definition) is 3. The Balaban J connectivity index is 2.65. The maximum atomic E-state index is 6.01. The van der Waals surface area contributed by atoms with Crippen LogP contribution in [0.3, 0.4) is 0 Å². The van der Waals surface area contributed by atoms with Crippen molar-refractivity contribution in [3.63, 3.8) is 0 Å². The van der Waals surface area contributed by atoms with Crippen LogP contribution in [0.25, 0.3) is 0 Å². The molecule has 0 bridgehead atoms. The zero-order valence-electron chi connectivity index (χ0n) is 10.3. The summed E-state index contributed by atoms with van der Waals surface area (Å²) < 4.78 is 0. The van der Waals surface area contributed by atoms with E-state index in [4.69, 9.17) is 5.73 Å². The molecule has 1 rings (SSSR count). The quantitative estimate of drug-likeness (QED) is 0.584. The zero-order chi connectivity index (χ0) is 11.8. The van der Waals surface area contributed by atoms with Crippen molar-refractivity contribution < 1.29 is 0 Å². The first-order valence-electron chi connectivity index (χ1n) is 5.88. The zero-order valence-corrected chi connectivity index (χ0v) is 11.1. The second kappa shape index (κ2) is 7.44. The van der Waals surface area contributed by atoms with Crippen LogP contribution in [0.5, 0.6) is 0 Å². The van der Waals surface area contributed by atoms with Gasteiger partial charge >= 0.3 is 0 Å². The van der Waals surface area contributed by atoms with Crippen molar-refractivity contribution in [3.05, 3.63) is 24.3 Å². The lowest BCUT2D eigenvalue weighted by Gasteiger charge is -2.25. The molecule has 0 aromatic heterocycles. The number of thioether (sulfide) groups is 1. The summed E-state index contributed by atoms with van der Waals surface area (Å²) in [6, 6.07) is 8.14. The van der Waals surface area contributed by atoms with Crippen LogP contribution in [0.4, 0.5) is 11.4 Å². The molecule has 0 unspecified atom stereocenters. The van der Waals surface area contributed by atoms with Gasteiger partial charge in [-0.15, -0.1) is 0 Å². The van der Waals surface area contributed by atoms with Gasteiger partial charge in [-0.3, -0.25) is 0 Å². The minimum atomic E-state index is 0.889. The lowest BCUT2D eigenvalue weighted by atomic mass is 10.2. The predicted octanol–water partition coefficient (Wildman–Crippen LogP) is 3.24. The fourth-order valence-corrected chi connectivity index (χ4v) is 2.22. The summed E-state index contributed by atoms with van der Waals surface area (Å²) in [5, 5.41) is 0. The lowest BCUT2D eigenvalue weighted by Crippen LogP contribution is -2.26. The van der Waals surface area contributed by atoms with Crippen molar-refractivity contribution >= 4 is 23.1 Å². The lowest BCUT2D eigenvalue weighted by molar-refractivity contribution is 0.749. The number of anilines is 2. The Morgan fingerprint density at radius 2 is 2.00 bits per heavy atom. The third-order valence-electron chi connectivity index (χ3n) is 2.55. The molecule has 1 aromatic rings. The number of para-hydroxylation sites is 2. The van der Waals surface area contributed by atoms with Crippen molar-refractivity contribution in [3.8, 4) is 0 Å². The van der Waals surface area contributed by atoms with Gasteiger partial charge in [0.25, 0.3) is 0 Å². The fraction of sp³-hybridized carbons (Fsp3) is 0.538. The van der Waals surface area contributed by atoms with Crippen LogP contribution >= 0.6 is 11.8 Å². The van der Waals surface area contributed by atoms with Gasteiger partial charge in [0.05, 0.1) is 11.4 Å². The third-order valence-corrected chi connectivity index (χ3v) is 3.24. The van der Waals surface area contributed by atoms with Gasteiger partial charge in [0.15, 0.2) is 0 Å². The van der Waals surface area contributed by atoms with Gasteiger partial charge in [-0.25, -0.2) is 0 Å². The second-order valence-electron chi connectivity index (χ2n) is 3.89. The van der Waals surface area contributed by atoms with Gasteiger partial charge in [-0.05, 0) is 37.0 Å². The number of rotatable bonds is 7. The maximum absolute atomic E-state index is 6.01. The molecule has 90 valence electrons. The predicted molar refractivity (Wildman–Crippen MR) is 76.4 cm³/mol. The van der Waals surface area contributed by atoms with Crippen molar-refractivity contribution in [2.24, 2.45) is 0 Å². The highest BCUT2D eigenvalue weighted by Crippen LogP contribution is 2.22. The summed E-state index contributed by atoms with van der Waals surface area (Å²) in [5.41, 5.74) is 8.08. The van der Waals surface area contributed by atoms with Crippen LogP contribution in [0.15, 0.2) is 24.3 Å². The summed E-state index contributed by atoms with van der Waals surface area (Å²) in [6.07, 6.45) is 4.53. The van der Waals surface area contributed by atoms with Crippen molar-refractivity contribution in [2.75, 3.05) is 35.7 Å². The van der Waals surface area contributed by atoms with Crippen LogP contribution in [0.2, 0.25) is 0 Å². The highest BCUT2D eigenvalue weighted by molar-refractivity contribution is 7.98. The Labute approximate surface area is 103 Å². The summed E-state index contributed by atoms with van der Waals surface area (Å²) in [4.78, 5) is 2.39. The van der Waals surface area contributed by atoms with Crippen LogP contribution in [-0.2, 0) is 0 Å². The van der Waals surface area contributed by atoms with E-state index >= 15 is 0 Å². The molecule has 0 amide bonds. The summed E-state index contributed by atoms with van der Waals surface area (Å²) in [5.74, 6) is 1.22. The first-order chi connectivity index (χ1) is 7.79. The Kier molecular flexibility index (Phi) is 6.16. The normalized spacial score (nSPS) is 10.4.